The predicted octanol–water partition coefficient (Wildman–Crippen LogP) is 4.35. The summed E-state index contributed by atoms with van der Waals surface area (Å²) in [7, 11) is 0. The van der Waals surface area contributed by atoms with E-state index in [0.717, 1.165) is 0 Å². The summed E-state index contributed by atoms with van der Waals surface area (Å²) in [4.78, 5) is 0. The van der Waals surface area contributed by atoms with Crippen molar-refractivity contribution in [2.75, 3.05) is 6.26 Å². The molecule has 0 heterocycles. The summed E-state index contributed by atoms with van der Waals surface area (Å²) in [5, 5.41) is 0. The molecule has 0 bridgehead atoms. The second-order valence-electron chi connectivity index (χ2n) is 3.00. The van der Waals surface area contributed by atoms with E-state index >= 15 is 0 Å². The van der Waals surface area contributed by atoms with Crippen LogP contribution >= 0.6 is 12.6 Å². The first-order valence-corrected chi connectivity index (χ1v) is 5.57. The Labute approximate surface area is 94.5 Å². The van der Waals surface area contributed by atoms with Crippen LogP contribution in [0.3, 0.4) is 0 Å². The first kappa shape index (κ1) is 15.8. The van der Waals surface area contributed by atoms with Crippen LogP contribution in [-0.2, 0) is 0 Å². The van der Waals surface area contributed by atoms with Crippen LogP contribution < -0.4 is 0 Å². The second-order valence-corrected chi connectivity index (χ2v) is 3.00. The molecule has 0 saturated heterocycles. The van der Waals surface area contributed by atoms with E-state index < -0.39 is 0 Å². The topological polar surface area (TPSA) is 0 Å². The number of allylic oxidation sites excluding steroid dienone is 1. The molecule has 0 amide bonds. The molecule has 0 unspecified atom stereocenters. The van der Waals surface area contributed by atoms with Crippen LogP contribution in [0, 0.1) is 20.8 Å². The Balaban J connectivity index is 0. The minimum atomic E-state index is 1.35. The van der Waals surface area contributed by atoms with Crippen molar-refractivity contribution < 1.29 is 0 Å². The van der Waals surface area contributed by atoms with Gasteiger partial charge in [-0.15, -0.1) is 6.58 Å². The van der Waals surface area contributed by atoms with Crippen molar-refractivity contribution in [2.24, 2.45) is 0 Å². The third kappa shape index (κ3) is 7.93. The molecule has 0 aliphatic heterocycles. The Morgan fingerprint density at radius 1 is 1.07 bits per heavy atom. The maximum Gasteiger partial charge on any atom is -0.0215 e. The quantitative estimate of drug-likeness (QED) is 0.477. The molecule has 0 radical (unpaired) electrons. The number of hydrogen-bond donors (Lipinski definition) is 1. The molecule has 0 atom stereocenters. The van der Waals surface area contributed by atoms with Crippen molar-refractivity contribution in [3.8, 4) is 0 Å². The lowest BCUT2D eigenvalue weighted by atomic mass is 10.1. The third-order valence-corrected chi connectivity index (χ3v) is 1.66. The van der Waals surface area contributed by atoms with E-state index in [4.69, 9.17) is 0 Å². The maximum atomic E-state index is 3.53. The van der Waals surface area contributed by atoms with Crippen LogP contribution in [0.2, 0.25) is 0 Å². The largest absolute Gasteiger partial charge is 0.183 e. The highest BCUT2D eigenvalue weighted by Crippen LogP contribution is 2.07. The summed E-state index contributed by atoms with van der Waals surface area (Å²) >= 11 is 3.53. The SMILES string of the molecule is C=CC.CS.Cc1ccc(C)c(C)c1. The van der Waals surface area contributed by atoms with Crippen LogP contribution in [-0.4, -0.2) is 6.26 Å². The fourth-order valence-corrected chi connectivity index (χ4v) is 0.891. The molecule has 1 rings (SSSR count). The lowest BCUT2D eigenvalue weighted by Gasteiger charge is -1.98. The number of benzene rings is 1. The minimum Gasteiger partial charge on any atom is -0.183 e. The lowest BCUT2D eigenvalue weighted by molar-refractivity contribution is 1.30. The molecule has 80 valence electrons. The van der Waals surface area contributed by atoms with Gasteiger partial charge in [0.05, 0.1) is 0 Å². The van der Waals surface area contributed by atoms with Crippen LogP contribution in [0.25, 0.3) is 0 Å². The second kappa shape index (κ2) is 10.4. The summed E-state index contributed by atoms with van der Waals surface area (Å²) in [5.74, 6) is 0. The van der Waals surface area contributed by atoms with E-state index in [0.29, 0.717) is 0 Å². The van der Waals surface area contributed by atoms with Crippen molar-refractivity contribution in [1.29, 1.82) is 0 Å². The van der Waals surface area contributed by atoms with Crippen molar-refractivity contribution in [1.82, 2.24) is 0 Å². The average Bonchev–Trinajstić information content (AvgIpc) is 2.17. The molecule has 0 aromatic heterocycles. The molecule has 0 saturated carbocycles. The smallest absolute Gasteiger partial charge is 0.0215 e. The first-order valence-electron chi connectivity index (χ1n) is 4.67. The number of thiol groups is 1. The molecule has 0 aliphatic carbocycles. The summed E-state index contributed by atoms with van der Waals surface area (Å²) in [6.45, 7) is 11.6. The monoisotopic (exact) mass is 210 g/mol. The Bertz CT molecular complexity index is 251. The van der Waals surface area contributed by atoms with Gasteiger partial charge in [-0.2, -0.15) is 12.6 Å². The number of aryl methyl sites for hydroxylation is 3. The highest BCUT2D eigenvalue weighted by atomic mass is 32.1. The van der Waals surface area contributed by atoms with Crippen molar-refractivity contribution in [3.05, 3.63) is 47.5 Å². The first-order chi connectivity index (χ1) is 6.61. The molecule has 1 heteroatoms. The van der Waals surface area contributed by atoms with Gasteiger partial charge in [-0.3, -0.25) is 0 Å². The lowest BCUT2D eigenvalue weighted by Crippen LogP contribution is -1.79. The van der Waals surface area contributed by atoms with E-state index in [1.807, 2.05) is 6.92 Å². The van der Waals surface area contributed by atoms with Gasteiger partial charge in [-0.05, 0) is 45.1 Å². The molecule has 0 aliphatic rings. The number of hydrogen-bond acceptors (Lipinski definition) is 1. The maximum absolute atomic E-state index is 3.53. The van der Waals surface area contributed by atoms with Crippen LogP contribution in [0.5, 0.6) is 0 Å². The summed E-state index contributed by atoms with van der Waals surface area (Å²) in [5.41, 5.74) is 4.11. The van der Waals surface area contributed by atoms with Crippen molar-refractivity contribution >= 4 is 12.6 Å². The van der Waals surface area contributed by atoms with E-state index in [-0.39, 0.29) is 0 Å². The highest BCUT2D eigenvalue weighted by Gasteiger charge is 1.89. The zero-order chi connectivity index (χ0) is 11.6. The molecule has 0 nitrogen and oxygen atoms in total. The number of rotatable bonds is 0. The zero-order valence-electron chi connectivity index (χ0n) is 9.96. The summed E-state index contributed by atoms with van der Waals surface area (Å²) in [6.07, 6.45) is 3.44. The standard InChI is InChI=1S/C9H12.C3H6.CH4S/c1-7-4-5-8(2)9(3)6-7;1-3-2;1-2/h4-6H,1-3H3;3H,1H2,2H3;2H,1H3. The fourth-order valence-electron chi connectivity index (χ4n) is 0.891. The van der Waals surface area contributed by atoms with Crippen LogP contribution in [0.15, 0.2) is 30.9 Å². The third-order valence-electron chi connectivity index (χ3n) is 1.66. The van der Waals surface area contributed by atoms with E-state index in [9.17, 15) is 0 Å². The van der Waals surface area contributed by atoms with E-state index in [2.05, 4.69) is 58.2 Å². The van der Waals surface area contributed by atoms with Crippen LogP contribution in [0.1, 0.15) is 23.6 Å². The molecule has 0 N–H and O–H groups in total. The highest BCUT2D eigenvalue weighted by molar-refractivity contribution is 7.79. The van der Waals surface area contributed by atoms with Gasteiger partial charge in [0.15, 0.2) is 0 Å². The van der Waals surface area contributed by atoms with E-state index in [1.165, 1.54) is 16.7 Å². The minimum absolute atomic E-state index is 1.35. The molecule has 0 fully saturated rings. The Hall–Kier alpha value is -0.690. The molecule has 1 aromatic rings. The van der Waals surface area contributed by atoms with Gasteiger partial charge in [0.1, 0.15) is 0 Å². The van der Waals surface area contributed by atoms with Crippen molar-refractivity contribution in [3.63, 3.8) is 0 Å². The molecule has 1 aromatic carbocycles. The van der Waals surface area contributed by atoms with Gasteiger partial charge in [0.25, 0.3) is 0 Å². The molecular weight excluding hydrogens is 188 g/mol. The average molecular weight is 210 g/mol. The van der Waals surface area contributed by atoms with Gasteiger partial charge < -0.3 is 0 Å². The van der Waals surface area contributed by atoms with Gasteiger partial charge in [-0.25, -0.2) is 0 Å². The summed E-state index contributed by atoms with van der Waals surface area (Å²) in [6, 6.07) is 6.50. The Morgan fingerprint density at radius 2 is 1.50 bits per heavy atom. The van der Waals surface area contributed by atoms with E-state index in [1.54, 1.807) is 12.3 Å². The van der Waals surface area contributed by atoms with Gasteiger partial charge >= 0.3 is 0 Å². The Kier molecular flexibility index (Phi) is 11.7. The van der Waals surface area contributed by atoms with Gasteiger partial charge in [-0.1, -0.05) is 29.8 Å². The molecular formula is C13H22S. The fraction of sp³-hybridized carbons (Fsp3) is 0.385. The van der Waals surface area contributed by atoms with Crippen molar-refractivity contribution in [2.45, 2.75) is 27.7 Å². The zero-order valence-corrected chi connectivity index (χ0v) is 10.9. The van der Waals surface area contributed by atoms with Crippen LogP contribution in [0.4, 0.5) is 0 Å². The molecule has 14 heavy (non-hydrogen) atoms. The predicted molar refractivity (Wildman–Crippen MR) is 71.4 cm³/mol. The normalized spacial score (nSPS) is 7.57. The Morgan fingerprint density at radius 3 is 1.79 bits per heavy atom. The van der Waals surface area contributed by atoms with Gasteiger partial charge in [0, 0.05) is 0 Å². The molecule has 0 spiro atoms. The summed E-state index contributed by atoms with van der Waals surface area (Å²) < 4.78 is 0. The van der Waals surface area contributed by atoms with Gasteiger partial charge in [0.2, 0.25) is 0 Å².